The fourth-order valence-electron chi connectivity index (χ4n) is 2.28. The molecule has 1 aromatic rings. The predicted octanol–water partition coefficient (Wildman–Crippen LogP) is 3.54. The molecule has 3 heteroatoms. The maximum Gasteiger partial charge on any atom is 0.127 e. The highest BCUT2D eigenvalue weighted by atomic mass is 16.5. The maximum atomic E-state index is 5.98. The van der Waals surface area contributed by atoms with Gasteiger partial charge in [-0.25, -0.2) is 0 Å². The number of ether oxygens (including phenoxy) is 2. The summed E-state index contributed by atoms with van der Waals surface area (Å²) in [5, 5.41) is 3.43. The predicted molar refractivity (Wildman–Crippen MR) is 77.9 cm³/mol. The summed E-state index contributed by atoms with van der Waals surface area (Å²) in [4.78, 5) is 0. The third-order valence-electron chi connectivity index (χ3n) is 3.68. The van der Waals surface area contributed by atoms with Crippen LogP contribution in [0.2, 0.25) is 0 Å². The Morgan fingerprint density at radius 1 is 1.37 bits per heavy atom. The van der Waals surface area contributed by atoms with Crippen LogP contribution in [0.3, 0.4) is 0 Å². The van der Waals surface area contributed by atoms with Crippen molar-refractivity contribution in [2.45, 2.75) is 39.2 Å². The Morgan fingerprint density at radius 3 is 2.79 bits per heavy atom. The third-order valence-corrected chi connectivity index (χ3v) is 3.68. The topological polar surface area (TPSA) is 30.5 Å². The fourth-order valence-corrected chi connectivity index (χ4v) is 2.28. The highest BCUT2D eigenvalue weighted by molar-refractivity contribution is 5.42. The van der Waals surface area contributed by atoms with Crippen LogP contribution >= 0.6 is 0 Å². The van der Waals surface area contributed by atoms with Crippen molar-refractivity contribution in [3.63, 3.8) is 0 Å². The molecule has 1 atom stereocenters. The van der Waals surface area contributed by atoms with Crippen molar-refractivity contribution in [1.29, 1.82) is 0 Å². The minimum absolute atomic E-state index is 0.298. The monoisotopic (exact) mass is 263 g/mol. The third kappa shape index (κ3) is 4.13. The first-order valence-electron chi connectivity index (χ1n) is 7.28. The lowest BCUT2D eigenvalue weighted by molar-refractivity contribution is 0.294. The van der Waals surface area contributed by atoms with Gasteiger partial charge in [0, 0.05) is 17.7 Å². The van der Waals surface area contributed by atoms with Crippen molar-refractivity contribution < 1.29 is 9.47 Å². The van der Waals surface area contributed by atoms with Crippen LogP contribution < -0.4 is 14.8 Å². The minimum Gasteiger partial charge on any atom is -0.497 e. The molecule has 0 aliphatic heterocycles. The van der Waals surface area contributed by atoms with Gasteiger partial charge in [0.2, 0.25) is 0 Å². The van der Waals surface area contributed by atoms with Gasteiger partial charge in [-0.2, -0.15) is 0 Å². The summed E-state index contributed by atoms with van der Waals surface area (Å²) in [7, 11) is 1.69. The van der Waals surface area contributed by atoms with Gasteiger partial charge >= 0.3 is 0 Å². The van der Waals surface area contributed by atoms with Gasteiger partial charge < -0.3 is 14.8 Å². The minimum atomic E-state index is 0.298. The molecule has 1 fully saturated rings. The molecule has 1 aliphatic rings. The zero-order chi connectivity index (χ0) is 13.7. The van der Waals surface area contributed by atoms with E-state index in [1.165, 1.54) is 24.8 Å². The summed E-state index contributed by atoms with van der Waals surface area (Å²) in [6, 6.07) is 6.39. The van der Waals surface area contributed by atoms with E-state index in [9.17, 15) is 0 Å². The highest BCUT2D eigenvalue weighted by Gasteiger charge is 2.21. The summed E-state index contributed by atoms with van der Waals surface area (Å²) in [6.45, 7) is 6.05. The van der Waals surface area contributed by atoms with Crippen LogP contribution in [0.25, 0.3) is 0 Å². The Hall–Kier alpha value is -1.22. The molecule has 1 aromatic carbocycles. The fraction of sp³-hybridized carbons (Fsp3) is 0.625. The number of benzene rings is 1. The summed E-state index contributed by atoms with van der Waals surface area (Å²) in [5.41, 5.74) is 1.21. The molecule has 0 saturated heterocycles. The first-order valence-corrected chi connectivity index (χ1v) is 7.28. The van der Waals surface area contributed by atoms with E-state index in [-0.39, 0.29) is 0 Å². The molecule has 1 N–H and O–H groups in total. The summed E-state index contributed by atoms with van der Waals surface area (Å²) in [5.74, 6) is 2.71. The molecule has 0 aromatic heterocycles. The molecule has 2 rings (SSSR count). The summed E-state index contributed by atoms with van der Waals surface area (Å²) in [6.07, 6.45) is 3.93. The second-order valence-electron chi connectivity index (χ2n) is 5.26. The lowest BCUT2D eigenvalue weighted by Crippen LogP contribution is -2.18. The van der Waals surface area contributed by atoms with Gasteiger partial charge in [-0.05, 0) is 31.9 Å². The van der Waals surface area contributed by atoms with E-state index in [1.54, 1.807) is 7.11 Å². The smallest absolute Gasteiger partial charge is 0.127 e. The van der Waals surface area contributed by atoms with Crippen molar-refractivity contribution in [3.8, 4) is 11.5 Å². The SMILES string of the molecule is CCNC(C)c1ccc(OC)cc1OCCC1CC1. The molecule has 0 radical (unpaired) electrons. The van der Waals surface area contributed by atoms with E-state index in [0.717, 1.165) is 30.6 Å². The van der Waals surface area contributed by atoms with Crippen molar-refractivity contribution in [3.05, 3.63) is 23.8 Å². The molecule has 1 aliphatic carbocycles. The van der Waals surface area contributed by atoms with Crippen LogP contribution in [-0.4, -0.2) is 20.3 Å². The Kier molecular flexibility index (Phi) is 5.08. The van der Waals surface area contributed by atoms with E-state index in [0.29, 0.717) is 6.04 Å². The normalized spacial score (nSPS) is 16.2. The van der Waals surface area contributed by atoms with Gasteiger partial charge in [0.25, 0.3) is 0 Å². The van der Waals surface area contributed by atoms with Crippen molar-refractivity contribution in [2.24, 2.45) is 5.92 Å². The molecule has 0 spiro atoms. The Labute approximate surface area is 116 Å². The van der Waals surface area contributed by atoms with Crippen LogP contribution in [0.5, 0.6) is 11.5 Å². The van der Waals surface area contributed by atoms with Crippen LogP contribution in [0.1, 0.15) is 44.7 Å². The van der Waals surface area contributed by atoms with Crippen LogP contribution in [-0.2, 0) is 0 Å². The van der Waals surface area contributed by atoms with E-state index >= 15 is 0 Å². The van der Waals surface area contributed by atoms with Gasteiger partial charge in [0.1, 0.15) is 11.5 Å². The quantitative estimate of drug-likeness (QED) is 0.778. The second-order valence-corrected chi connectivity index (χ2v) is 5.26. The molecule has 1 saturated carbocycles. The van der Waals surface area contributed by atoms with Crippen LogP contribution in [0.15, 0.2) is 18.2 Å². The lowest BCUT2D eigenvalue weighted by Gasteiger charge is -2.18. The zero-order valence-corrected chi connectivity index (χ0v) is 12.2. The van der Waals surface area contributed by atoms with Gasteiger partial charge in [-0.15, -0.1) is 0 Å². The van der Waals surface area contributed by atoms with E-state index in [4.69, 9.17) is 9.47 Å². The summed E-state index contributed by atoms with van der Waals surface area (Å²) >= 11 is 0. The molecular weight excluding hydrogens is 238 g/mol. The average Bonchev–Trinajstić information content (AvgIpc) is 3.23. The molecule has 0 heterocycles. The molecule has 1 unspecified atom stereocenters. The van der Waals surface area contributed by atoms with Gasteiger partial charge in [-0.1, -0.05) is 25.8 Å². The molecule has 106 valence electrons. The van der Waals surface area contributed by atoms with E-state index < -0.39 is 0 Å². The number of nitrogens with one attached hydrogen (secondary N) is 1. The Balaban J connectivity index is 2.05. The Morgan fingerprint density at radius 2 is 2.16 bits per heavy atom. The van der Waals surface area contributed by atoms with Crippen LogP contribution in [0, 0.1) is 5.92 Å². The molecule has 0 bridgehead atoms. The first-order chi connectivity index (χ1) is 9.24. The van der Waals surface area contributed by atoms with E-state index in [2.05, 4.69) is 25.2 Å². The zero-order valence-electron chi connectivity index (χ0n) is 12.2. The van der Waals surface area contributed by atoms with Crippen molar-refractivity contribution >= 4 is 0 Å². The number of rotatable bonds is 8. The molecule has 0 amide bonds. The summed E-state index contributed by atoms with van der Waals surface area (Å²) < 4.78 is 11.3. The number of methoxy groups -OCH3 is 1. The molecule has 3 nitrogen and oxygen atoms in total. The van der Waals surface area contributed by atoms with Crippen LogP contribution in [0.4, 0.5) is 0 Å². The van der Waals surface area contributed by atoms with Gasteiger partial charge in [0.05, 0.1) is 13.7 Å². The maximum absolute atomic E-state index is 5.98. The standard InChI is InChI=1S/C16H25NO2/c1-4-17-12(2)15-8-7-14(18-3)11-16(15)19-10-9-13-5-6-13/h7-8,11-13,17H,4-6,9-10H2,1-3H3. The van der Waals surface area contributed by atoms with Crippen molar-refractivity contribution in [2.75, 3.05) is 20.3 Å². The molecule has 19 heavy (non-hydrogen) atoms. The Bertz CT molecular complexity index is 402. The van der Waals surface area contributed by atoms with Gasteiger partial charge in [-0.3, -0.25) is 0 Å². The van der Waals surface area contributed by atoms with Crippen molar-refractivity contribution in [1.82, 2.24) is 5.32 Å². The number of hydrogen-bond acceptors (Lipinski definition) is 3. The first kappa shape index (κ1) is 14.2. The molecular formula is C16H25NO2. The second kappa shape index (κ2) is 6.80. The van der Waals surface area contributed by atoms with Gasteiger partial charge in [0.15, 0.2) is 0 Å². The highest BCUT2D eigenvalue weighted by Crippen LogP contribution is 2.34. The largest absolute Gasteiger partial charge is 0.497 e. The van der Waals surface area contributed by atoms with E-state index in [1.807, 2.05) is 12.1 Å². The number of hydrogen-bond donors (Lipinski definition) is 1. The average molecular weight is 263 g/mol. The lowest BCUT2D eigenvalue weighted by atomic mass is 10.1.